The van der Waals surface area contributed by atoms with Crippen LogP contribution in [0.15, 0.2) is 12.2 Å². The van der Waals surface area contributed by atoms with E-state index >= 15 is 0 Å². The Balaban J connectivity index is 4.90. The fourth-order valence-corrected chi connectivity index (χ4v) is 4.35. The minimum Gasteiger partial charge on any atom is -0.389 e. The molecule has 0 radical (unpaired) electrons. The molecule has 0 aliphatic carbocycles. The molecule has 0 amide bonds. The highest BCUT2D eigenvalue weighted by atomic mass is 28.3. The predicted octanol–water partition coefficient (Wildman–Crippen LogP) is 3.61. The van der Waals surface area contributed by atoms with Gasteiger partial charge in [-0.15, -0.1) is 0 Å². The second kappa shape index (κ2) is 5.13. The Labute approximate surface area is 90.2 Å². The summed E-state index contributed by atoms with van der Waals surface area (Å²) < 4.78 is 0. The fraction of sp³-hybridized carbons (Fsp3) is 0.833. The van der Waals surface area contributed by atoms with E-state index in [9.17, 15) is 5.11 Å². The molecule has 0 rings (SSSR count). The summed E-state index contributed by atoms with van der Waals surface area (Å²) in [5, 5.41) is 10.2. The first-order valence-electron chi connectivity index (χ1n) is 5.65. The molecule has 0 aliphatic rings. The van der Waals surface area contributed by atoms with Crippen LogP contribution in [-0.2, 0) is 0 Å². The molecule has 0 bridgehead atoms. The summed E-state index contributed by atoms with van der Waals surface area (Å²) >= 11 is 0. The molecule has 0 fully saturated rings. The quantitative estimate of drug-likeness (QED) is 0.547. The third-order valence-electron chi connectivity index (χ3n) is 3.10. The summed E-state index contributed by atoms with van der Waals surface area (Å²) in [6.45, 7) is 13.0. The molecular formula is C12H26OSi. The van der Waals surface area contributed by atoms with Gasteiger partial charge in [-0.05, 0) is 19.3 Å². The van der Waals surface area contributed by atoms with Crippen molar-refractivity contribution >= 4 is 8.07 Å². The van der Waals surface area contributed by atoms with E-state index in [1.807, 2.05) is 19.1 Å². The second-order valence-electron chi connectivity index (χ2n) is 5.27. The van der Waals surface area contributed by atoms with Gasteiger partial charge in [0.15, 0.2) is 0 Å². The van der Waals surface area contributed by atoms with Crippen LogP contribution in [0.25, 0.3) is 0 Å². The molecule has 14 heavy (non-hydrogen) atoms. The lowest BCUT2D eigenvalue weighted by atomic mass is 9.98. The number of hydrogen-bond acceptors (Lipinski definition) is 1. The normalized spacial score (nSPS) is 19.6. The number of hydrogen-bond donors (Lipinski definition) is 1. The monoisotopic (exact) mass is 214 g/mol. The van der Waals surface area contributed by atoms with Gasteiger partial charge in [-0.25, -0.2) is 0 Å². The minimum absolute atomic E-state index is 0.371. The van der Waals surface area contributed by atoms with Crippen molar-refractivity contribution in [2.45, 2.75) is 58.5 Å². The third-order valence-corrected chi connectivity index (χ3v) is 6.16. The van der Waals surface area contributed by atoms with Crippen LogP contribution in [-0.4, -0.2) is 18.4 Å². The molecular weight excluding hydrogens is 188 g/mol. The van der Waals surface area contributed by atoms with E-state index in [-0.39, 0.29) is 0 Å². The summed E-state index contributed by atoms with van der Waals surface area (Å²) in [6, 6.07) is 0. The third kappa shape index (κ3) is 2.96. The van der Waals surface area contributed by atoms with Gasteiger partial charge in [-0.1, -0.05) is 52.1 Å². The minimum atomic E-state index is -1.56. The first kappa shape index (κ1) is 13.9. The molecule has 0 heterocycles. The van der Waals surface area contributed by atoms with Gasteiger partial charge in [0.2, 0.25) is 0 Å². The van der Waals surface area contributed by atoms with E-state index in [1.165, 1.54) is 0 Å². The van der Waals surface area contributed by atoms with Crippen LogP contribution < -0.4 is 0 Å². The lowest BCUT2D eigenvalue weighted by molar-refractivity contribution is 0.101. The Bertz CT molecular complexity index is 193. The smallest absolute Gasteiger partial charge is 0.0873 e. The Hall–Kier alpha value is -0.0831. The molecule has 2 heteroatoms. The van der Waals surface area contributed by atoms with Crippen molar-refractivity contribution in [2.75, 3.05) is 0 Å². The first-order valence-corrected chi connectivity index (χ1v) is 9.15. The van der Waals surface area contributed by atoms with Crippen LogP contribution in [0.2, 0.25) is 19.6 Å². The van der Waals surface area contributed by atoms with E-state index in [4.69, 9.17) is 0 Å². The van der Waals surface area contributed by atoms with E-state index < -0.39 is 13.3 Å². The van der Waals surface area contributed by atoms with Crippen molar-refractivity contribution in [3.63, 3.8) is 0 Å². The summed E-state index contributed by atoms with van der Waals surface area (Å²) in [7, 11) is -1.56. The molecule has 0 saturated carbocycles. The lowest BCUT2D eigenvalue weighted by Gasteiger charge is -2.41. The highest BCUT2D eigenvalue weighted by molar-refractivity contribution is 6.79. The van der Waals surface area contributed by atoms with E-state index in [1.54, 1.807) is 0 Å². The number of aliphatic hydroxyl groups is 1. The number of allylic oxidation sites excluding steroid dienone is 1. The van der Waals surface area contributed by atoms with Crippen LogP contribution in [0, 0.1) is 5.92 Å². The van der Waals surface area contributed by atoms with Crippen LogP contribution in [0.1, 0.15) is 33.6 Å². The fourth-order valence-electron chi connectivity index (χ4n) is 2.06. The Morgan fingerprint density at radius 1 is 1.36 bits per heavy atom. The van der Waals surface area contributed by atoms with Gasteiger partial charge in [0.1, 0.15) is 0 Å². The zero-order valence-corrected chi connectivity index (χ0v) is 11.6. The zero-order chi connectivity index (χ0) is 11.4. The summed E-state index contributed by atoms with van der Waals surface area (Å²) in [5.74, 6) is 0.371. The molecule has 0 aromatic heterocycles. The molecule has 0 spiro atoms. The van der Waals surface area contributed by atoms with Crippen molar-refractivity contribution in [1.29, 1.82) is 0 Å². The standard InChI is InChI=1S/C12H26OSi/c1-7-9-11(3)12(13,10-8-2)14(4,5)6/h8,10-11,13H,7,9H2,1-6H3. The molecule has 2 unspecified atom stereocenters. The predicted molar refractivity (Wildman–Crippen MR) is 67.2 cm³/mol. The average molecular weight is 214 g/mol. The van der Waals surface area contributed by atoms with Gasteiger partial charge in [0, 0.05) is 0 Å². The molecule has 0 aliphatic heterocycles. The van der Waals surface area contributed by atoms with Gasteiger partial charge in [-0.3, -0.25) is 0 Å². The van der Waals surface area contributed by atoms with Crippen molar-refractivity contribution in [3.8, 4) is 0 Å². The number of rotatable bonds is 5. The van der Waals surface area contributed by atoms with Gasteiger partial charge >= 0.3 is 0 Å². The Morgan fingerprint density at radius 2 is 1.86 bits per heavy atom. The van der Waals surface area contributed by atoms with Crippen molar-refractivity contribution in [2.24, 2.45) is 5.92 Å². The molecule has 1 nitrogen and oxygen atoms in total. The van der Waals surface area contributed by atoms with Crippen molar-refractivity contribution in [3.05, 3.63) is 12.2 Å². The maximum absolute atomic E-state index is 10.7. The highest BCUT2D eigenvalue weighted by Crippen LogP contribution is 2.32. The van der Waals surface area contributed by atoms with E-state index in [0.29, 0.717) is 5.92 Å². The SMILES string of the molecule is CC=CC(O)(C(C)CCC)[Si](C)(C)C. The maximum Gasteiger partial charge on any atom is 0.0873 e. The van der Waals surface area contributed by atoms with Gasteiger partial charge in [-0.2, -0.15) is 0 Å². The van der Waals surface area contributed by atoms with Crippen LogP contribution in [0.3, 0.4) is 0 Å². The molecule has 84 valence electrons. The highest BCUT2D eigenvalue weighted by Gasteiger charge is 2.43. The topological polar surface area (TPSA) is 20.2 Å². The Kier molecular flexibility index (Phi) is 5.10. The van der Waals surface area contributed by atoms with Crippen molar-refractivity contribution in [1.82, 2.24) is 0 Å². The first-order chi connectivity index (χ1) is 6.29. The second-order valence-corrected chi connectivity index (χ2v) is 10.6. The zero-order valence-electron chi connectivity index (χ0n) is 10.6. The molecule has 0 aromatic carbocycles. The van der Waals surface area contributed by atoms with Crippen LogP contribution in [0.4, 0.5) is 0 Å². The van der Waals surface area contributed by atoms with Gasteiger partial charge < -0.3 is 5.11 Å². The average Bonchev–Trinajstić information content (AvgIpc) is 2.03. The van der Waals surface area contributed by atoms with Crippen LogP contribution >= 0.6 is 0 Å². The molecule has 2 atom stereocenters. The van der Waals surface area contributed by atoms with Crippen LogP contribution in [0.5, 0.6) is 0 Å². The largest absolute Gasteiger partial charge is 0.389 e. The van der Waals surface area contributed by atoms with Gasteiger partial charge in [0.05, 0.1) is 13.3 Å². The summed E-state index contributed by atoms with van der Waals surface area (Å²) in [6.07, 6.45) is 6.25. The maximum atomic E-state index is 10.7. The van der Waals surface area contributed by atoms with E-state index in [2.05, 4.69) is 33.5 Å². The summed E-state index contributed by atoms with van der Waals surface area (Å²) in [5.41, 5.74) is 0. The molecule has 1 N–H and O–H groups in total. The van der Waals surface area contributed by atoms with E-state index in [0.717, 1.165) is 12.8 Å². The van der Waals surface area contributed by atoms with Crippen molar-refractivity contribution < 1.29 is 5.11 Å². The lowest BCUT2D eigenvalue weighted by Crippen LogP contribution is -2.55. The molecule has 0 aromatic rings. The molecule has 0 saturated heterocycles. The Morgan fingerprint density at radius 3 is 2.14 bits per heavy atom. The summed E-state index contributed by atoms with van der Waals surface area (Å²) in [4.78, 5) is 0. The van der Waals surface area contributed by atoms with Gasteiger partial charge in [0.25, 0.3) is 0 Å².